The average molecular weight is 346 g/mol. The Labute approximate surface area is 145 Å². The number of rotatable bonds is 6. The molecule has 1 heterocycles. The monoisotopic (exact) mass is 346 g/mol. The fraction of sp³-hybridized carbons (Fsp3) is 0.444. The molecule has 1 aromatic heterocycles. The molecule has 2 aromatic rings. The van der Waals surface area contributed by atoms with Gasteiger partial charge in [-0.05, 0) is 44.4 Å². The minimum absolute atomic E-state index is 0.154. The van der Waals surface area contributed by atoms with E-state index in [1.54, 1.807) is 32.2 Å². The minimum Gasteiger partial charge on any atom is -0.493 e. The molecule has 2 N–H and O–H groups in total. The van der Waals surface area contributed by atoms with E-state index in [1.807, 2.05) is 0 Å². The Morgan fingerprint density at radius 3 is 2.60 bits per heavy atom. The van der Waals surface area contributed by atoms with Crippen LogP contribution in [0.1, 0.15) is 48.4 Å². The summed E-state index contributed by atoms with van der Waals surface area (Å²) < 4.78 is 15.8. The van der Waals surface area contributed by atoms with Crippen LogP contribution in [0.15, 0.2) is 22.7 Å². The van der Waals surface area contributed by atoms with Gasteiger partial charge >= 0.3 is 0 Å². The van der Waals surface area contributed by atoms with Gasteiger partial charge in [-0.1, -0.05) is 5.16 Å². The maximum absolute atomic E-state index is 12.7. The first kappa shape index (κ1) is 17.3. The maximum atomic E-state index is 12.7. The van der Waals surface area contributed by atoms with Crippen LogP contribution in [0.5, 0.6) is 11.5 Å². The molecule has 7 heteroatoms. The number of nitrogens with zero attached hydrogens (tertiary/aromatic N) is 1. The first-order valence-corrected chi connectivity index (χ1v) is 8.26. The van der Waals surface area contributed by atoms with Crippen molar-refractivity contribution in [3.8, 4) is 22.8 Å². The van der Waals surface area contributed by atoms with Gasteiger partial charge in [0.15, 0.2) is 17.3 Å². The lowest BCUT2D eigenvalue weighted by atomic mass is 9.92. The highest BCUT2D eigenvalue weighted by Gasteiger charge is 2.29. The third-order valence-electron chi connectivity index (χ3n) is 4.42. The number of hydrogen-bond acceptors (Lipinski definition) is 6. The molecule has 1 aliphatic carbocycles. The summed E-state index contributed by atoms with van der Waals surface area (Å²) in [5, 5.41) is 16.9. The maximum Gasteiger partial charge on any atom is 0.257 e. The number of aliphatic hydroxyl groups excluding tert-OH is 1. The molecule has 0 bridgehead atoms. The molecule has 1 amide bonds. The average Bonchev–Trinajstić information content (AvgIpc) is 3.02. The van der Waals surface area contributed by atoms with Crippen molar-refractivity contribution in [2.24, 2.45) is 0 Å². The van der Waals surface area contributed by atoms with Gasteiger partial charge in [-0.2, -0.15) is 0 Å². The SMILES string of the molecule is COc1ccc(-c2noc(C(C)O)c2C(=O)NC2CCC2)cc1OC. The van der Waals surface area contributed by atoms with Gasteiger partial charge in [0.1, 0.15) is 17.4 Å². The van der Waals surface area contributed by atoms with E-state index >= 15 is 0 Å². The molecular formula is C18H22N2O5. The van der Waals surface area contributed by atoms with Gasteiger partial charge in [0.25, 0.3) is 5.91 Å². The summed E-state index contributed by atoms with van der Waals surface area (Å²) in [6.45, 7) is 1.54. The van der Waals surface area contributed by atoms with Crippen molar-refractivity contribution < 1.29 is 23.9 Å². The summed E-state index contributed by atoms with van der Waals surface area (Å²) in [6.07, 6.45) is 2.10. The number of hydrogen-bond donors (Lipinski definition) is 2. The summed E-state index contributed by atoms with van der Waals surface area (Å²) >= 11 is 0. The fourth-order valence-electron chi connectivity index (χ4n) is 2.80. The van der Waals surface area contributed by atoms with E-state index in [0.717, 1.165) is 19.3 Å². The number of benzene rings is 1. The van der Waals surface area contributed by atoms with Crippen molar-refractivity contribution in [2.75, 3.05) is 14.2 Å². The molecule has 1 unspecified atom stereocenters. The van der Waals surface area contributed by atoms with Crippen molar-refractivity contribution in [3.05, 3.63) is 29.5 Å². The van der Waals surface area contributed by atoms with Crippen molar-refractivity contribution in [3.63, 3.8) is 0 Å². The van der Waals surface area contributed by atoms with Gasteiger partial charge in [-0.3, -0.25) is 4.79 Å². The zero-order valence-corrected chi connectivity index (χ0v) is 14.5. The Balaban J connectivity index is 2.02. The van der Waals surface area contributed by atoms with Crippen molar-refractivity contribution in [1.82, 2.24) is 10.5 Å². The van der Waals surface area contributed by atoms with E-state index in [0.29, 0.717) is 22.8 Å². The molecule has 7 nitrogen and oxygen atoms in total. The minimum atomic E-state index is -0.941. The van der Waals surface area contributed by atoms with Gasteiger partial charge in [0.2, 0.25) is 0 Å². The molecular weight excluding hydrogens is 324 g/mol. The predicted molar refractivity (Wildman–Crippen MR) is 90.8 cm³/mol. The number of ether oxygens (including phenoxy) is 2. The molecule has 1 atom stereocenters. The molecule has 134 valence electrons. The molecule has 1 aromatic carbocycles. The molecule has 0 radical (unpaired) electrons. The highest BCUT2D eigenvalue weighted by atomic mass is 16.5. The second kappa shape index (κ2) is 7.14. The van der Waals surface area contributed by atoms with Crippen LogP contribution in [0.2, 0.25) is 0 Å². The van der Waals surface area contributed by atoms with Crippen LogP contribution >= 0.6 is 0 Å². The lowest BCUT2D eigenvalue weighted by molar-refractivity contribution is 0.0904. The Bertz CT molecular complexity index is 765. The first-order valence-electron chi connectivity index (χ1n) is 8.26. The second-order valence-corrected chi connectivity index (χ2v) is 6.12. The van der Waals surface area contributed by atoms with E-state index in [2.05, 4.69) is 10.5 Å². The Kier molecular flexibility index (Phi) is 4.94. The molecule has 0 saturated heterocycles. The Morgan fingerprint density at radius 2 is 2.04 bits per heavy atom. The summed E-state index contributed by atoms with van der Waals surface area (Å²) in [6, 6.07) is 5.40. The van der Waals surface area contributed by atoms with E-state index in [1.165, 1.54) is 7.11 Å². The summed E-state index contributed by atoms with van der Waals surface area (Å²) in [5.74, 6) is 0.964. The van der Waals surface area contributed by atoms with E-state index < -0.39 is 6.10 Å². The molecule has 0 aliphatic heterocycles. The molecule has 25 heavy (non-hydrogen) atoms. The zero-order chi connectivity index (χ0) is 18.0. The Morgan fingerprint density at radius 1 is 1.32 bits per heavy atom. The van der Waals surface area contributed by atoms with Gasteiger partial charge in [-0.25, -0.2) is 0 Å². The number of nitrogens with one attached hydrogen (secondary N) is 1. The smallest absolute Gasteiger partial charge is 0.257 e. The fourth-order valence-corrected chi connectivity index (χ4v) is 2.80. The lowest BCUT2D eigenvalue weighted by Gasteiger charge is -2.26. The van der Waals surface area contributed by atoms with Crippen LogP contribution < -0.4 is 14.8 Å². The first-order chi connectivity index (χ1) is 12.0. The Hall–Kier alpha value is -2.54. The zero-order valence-electron chi connectivity index (χ0n) is 14.5. The number of carbonyl (C=O) groups excluding carboxylic acids is 1. The normalized spacial score (nSPS) is 15.4. The van der Waals surface area contributed by atoms with Crippen LogP contribution in [0.3, 0.4) is 0 Å². The number of amides is 1. The largest absolute Gasteiger partial charge is 0.493 e. The van der Waals surface area contributed by atoms with Gasteiger partial charge in [-0.15, -0.1) is 0 Å². The summed E-state index contributed by atoms with van der Waals surface area (Å²) in [4.78, 5) is 12.7. The number of aliphatic hydroxyl groups is 1. The highest BCUT2D eigenvalue weighted by molar-refractivity contribution is 6.01. The molecule has 1 fully saturated rings. The van der Waals surface area contributed by atoms with Crippen LogP contribution in [-0.4, -0.2) is 36.4 Å². The van der Waals surface area contributed by atoms with Crippen molar-refractivity contribution in [2.45, 2.75) is 38.3 Å². The lowest BCUT2D eigenvalue weighted by Crippen LogP contribution is -2.39. The topological polar surface area (TPSA) is 93.8 Å². The van der Waals surface area contributed by atoms with Crippen LogP contribution in [0, 0.1) is 0 Å². The number of methoxy groups -OCH3 is 2. The van der Waals surface area contributed by atoms with E-state index in [9.17, 15) is 9.90 Å². The molecule has 1 aliphatic rings. The van der Waals surface area contributed by atoms with E-state index in [-0.39, 0.29) is 23.3 Å². The standard InChI is InChI=1S/C18H22N2O5/c1-10(21)17-15(18(22)19-12-5-4-6-12)16(20-25-17)11-7-8-13(23-2)14(9-11)24-3/h7-10,12,21H,4-6H2,1-3H3,(H,19,22). The summed E-state index contributed by atoms with van der Waals surface area (Å²) in [5.41, 5.74) is 1.27. The second-order valence-electron chi connectivity index (χ2n) is 6.12. The third-order valence-corrected chi connectivity index (χ3v) is 4.42. The quantitative estimate of drug-likeness (QED) is 0.835. The third kappa shape index (κ3) is 3.32. The van der Waals surface area contributed by atoms with Gasteiger partial charge in [0, 0.05) is 11.6 Å². The molecule has 0 spiro atoms. The van der Waals surface area contributed by atoms with Crippen LogP contribution in [-0.2, 0) is 0 Å². The highest BCUT2D eigenvalue weighted by Crippen LogP contribution is 2.35. The van der Waals surface area contributed by atoms with Crippen molar-refractivity contribution in [1.29, 1.82) is 0 Å². The van der Waals surface area contributed by atoms with Crippen LogP contribution in [0.4, 0.5) is 0 Å². The van der Waals surface area contributed by atoms with Crippen LogP contribution in [0.25, 0.3) is 11.3 Å². The number of carbonyl (C=O) groups is 1. The van der Waals surface area contributed by atoms with E-state index in [4.69, 9.17) is 14.0 Å². The molecule has 1 saturated carbocycles. The number of aromatic nitrogens is 1. The molecule has 3 rings (SSSR count). The predicted octanol–water partition coefficient (Wildman–Crippen LogP) is 2.69. The van der Waals surface area contributed by atoms with Gasteiger partial charge in [0.05, 0.1) is 14.2 Å². The van der Waals surface area contributed by atoms with Gasteiger partial charge < -0.3 is 24.4 Å². The summed E-state index contributed by atoms with van der Waals surface area (Å²) in [7, 11) is 3.09. The van der Waals surface area contributed by atoms with Crippen molar-refractivity contribution >= 4 is 5.91 Å².